The minimum absolute atomic E-state index is 0.502. The first kappa shape index (κ1) is 11.1. The van der Waals surface area contributed by atoms with E-state index >= 15 is 0 Å². The van der Waals surface area contributed by atoms with Gasteiger partial charge in [0, 0.05) is 13.1 Å². The van der Waals surface area contributed by atoms with Crippen LogP contribution >= 0.6 is 0 Å². The average Bonchev–Trinajstić information content (AvgIpc) is 2.92. The standard InChI is InChI=1S/C13H15N3O2/c1-13(11(17)18)6-7-16(8-13)12-14-9-4-2-3-5-10(9)15-12/h2-5H,6-8H2,1H3,(H,14,15)(H,17,18). The van der Waals surface area contributed by atoms with Gasteiger partial charge in [0.15, 0.2) is 0 Å². The van der Waals surface area contributed by atoms with Gasteiger partial charge in [0.1, 0.15) is 0 Å². The van der Waals surface area contributed by atoms with E-state index in [0.717, 1.165) is 23.5 Å². The third-order valence-corrected chi connectivity index (χ3v) is 3.67. The van der Waals surface area contributed by atoms with Crippen LogP contribution in [0.4, 0.5) is 5.95 Å². The van der Waals surface area contributed by atoms with Crippen molar-refractivity contribution in [3.63, 3.8) is 0 Å². The highest BCUT2D eigenvalue weighted by molar-refractivity contribution is 5.79. The zero-order chi connectivity index (χ0) is 12.8. The maximum atomic E-state index is 11.2. The molecule has 0 saturated carbocycles. The molecule has 1 saturated heterocycles. The number of benzene rings is 1. The third-order valence-electron chi connectivity index (χ3n) is 3.67. The number of imidazole rings is 1. The Bertz CT molecular complexity index is 574. The summed E-state index contributed by atoms with van der Waals surface area (Å²) in [6.45, 7) is 3.02. The summed E-state index contributed by atoms with van der Waals surface area (Å²) in [5, 5.41) is 9.22. The molecule has 94 valence electrons. The molecule has 2 N–H and O–H groups in total. The molecular formula is C13H15N3O2. The number of aromatic amines is 1. The zero-order valence-electron chi connectivity index (χ0n) is 10.2. The number of fused-ring (bicyclic) bond motifs is 1. The van der Waals surface area contributed by atoms with Crippen LogP contribution in [0.5, 0.6) is 0 Å². The van der Waals surface area contributed by atoms with Crippen LogP contribution in [-0.4, -0.2) is 34.1 Å². The first-order valence-electron chi connectivity index (χ1n) is 6.02. The van der Waals surface area contributed by atoms with Crippen LogP contribution in [0.3, 0.4) is 0 Å². The molecule has 2 heterocycles. The van der Waals surface area contributed by atoms with Gasteiger partial charge in [-0.15, -0.1) is 0 Å². The van der Waals surface area contributed by atoms with Crippen LogP contribution in [0.25, 0.3) is 11.0 Å². The second-order valence-corrected chi connectivity index (χ2v) is 5.11. The lowest BCUT2D eigenvalue weighted by molar-refractivity contribution is -0.146. The summed E-state index contributed by atoms with van der Waals surface area (Å²) in [6.07, 6.45) is 0.652. The lowest BCUT2D eigenvalue weighted by Gasteiger charge is -2.19. The number of para-hydroxylation sites is 2. The van der Waals surface area contributed by atoms with Crippen LogP contribution in [0.15, 0.2) is 24.3 Å². The second kappa shape index (κ2) is 3.73. The molecule has 0 bridgehead atoms. The summed E-state index contributed by atoms with van der Waals surface area (Å²) in [5.74, 6) is 0.0299. The Labute approximate surface area is 104 Å². The van der Waals surface area contributed by atoms with Gasteiger partial charge in [-0.3, -0.25) is 4.79 Å². The first-order chi connectivity index (χ1) is 8.58. The number of nitrogens with one attached hydrogen (secondary N) is 1. The second-order valence-electron chi connectivity index (χ2n) is 5.11. The predicted molar refractivity (Wildman–Crippen MR) is 68.7 cm³/mol. The van der Waals surface area contributed by atoms with E-state index < -0.39 is 11.4 Å². The maximum absolute atomic E-state index is 11.2. The van der Waals surface area contributed by atoms with Crippen LogP contribution in [-0.2, 0) is 4.79 Å². The van der Waals surface area contributed by atoms with Crippen molar-refractivity contribution in [2.75, 3.05) is 18.0 Å². The number of carbonyl (C=O) groups is 1. The molecule has 5 heteroatoms. The van der Waals surface area contributed by atoms with Crippen molar-refractivity contribution in [3.05, 3.63) is 24.3 Å². The van der Waals surface area contributed by atoms with Gasteiger partial charge >= 0.3 is 5.97 Å². The van der Waals surface area contributed by atoms with Gasteiger partial charge in [0.25, 0.3) is 0 Å². The Balaban J connectivity index is 1.90. The normalized spacial score (nSPS) is 23.7. The van der Waals surface area contributed by atoms with E-state index in [0.29, 0.717) is 13.0 Å². The lowest BCUT2D eigenvalue weighted by Crippen LogP contribution is -2.32. The molecule has 1 atom stereocenters. The van der Waals surface area contributed by atoms with Crippen LogP contribution in [0.1, 0.15) is 13.3 Å². The molecule has 1 aliphatic heterocycles. The summed E-state index contributed by atoms with van der Waals surface area (Å²) < 4.78 is 0. The molecule has 5 nitrogen and oxygen atoms in total. The molecule has 1 aromatic heterocycles. The van der Waals surface area contributed by atoms with Gasteiger partial charge in [-0.1, -0.05) is 12.1 Å². The van der Waals surface area contributed by atoms with E-state index in [9.17, 15) is 9.90 Å². The van der Waals surface area contributed by atoms with Crippen LogP contribution in [0, 0.1) is 5.41 Å². The van der Waals surface area contributed by atoms with Gasteiger partial charge in [0.2, 0.25) is 5.95 Å². The van der Waals surface area contributed by atoms with Gasteiger partial charge in [-0.2, -0.15) is 0 Å². The number of hydrogen-bond donors (Lipinski definition) is 2. The van der Waals surface area contributed by atoms with Gasteiger partial charge in [0.05, 0.1) is 16.4 Å². The number of nitrogens with zero attached hydrogens (tertiary/aromatic N) is 2. The van der Waals surface area contributed by atoms with Crippen molar-refractivity contribution in [2.24, 2.45) is 5.41 Å². The zero-order valence-corrected chi connectivity index (χ0v) is 10.2. The Morgan fingerprint density at radius 2 is 2.28 bits per heavy atom. The van der Waals surface area contributed by atoms with E-state index in [4.69, 9.17) is 0 Å². The number of anilines is 1. The smallest absolute Gasteiger partial charge is 0.311 e. The summed E-state index contributed by atoms with van der Waals surface area (Å²) in [6, 6.07) is 7.81. The van der Waals surface area contributed by atoms with Gasteiger partial charge < -0.3 is 15.0 Å². The van der Waals surface area contributed by atoms with E-state index in [-0.39, 0.29) is 0 Å². The molecule has 1 aliphatic rings. The van der Waals surface area contributed by atoms with Crippen molar-refractivity contribution in [1.82, 2.24) is 9.97 Å². The Hall–Kier alpha value is -2.04. The third kappa shape index (κ3) is 1.63. The molecule has 1 fully saturated rings. The number of carboxylic acids is 1. The molecule has 2 aromatic rings. The number of aromatic nitrogens is 2. The first-order valence-corrected chi connectivity index (χ1v) is 6.02. The van der Waals surface area contributed by atoms with E-state index in [1.54, 1.807) is 6.92 Å². The Kier molecular flexibility index (Phi) is 2.29. The fourth-order valence-corrected chi connectivity index (χ4v) is 2.41. The fourth-order valence-electron chi connectivity index (χ4n) is 2.41. The van der Waals surface area contributed by atoms with Gasteiger partial charge in [-0.25, -0.2) is 4.98 Å². The van der Waals surface area contributed by atoms with E-state index in [1.807, 2.05) is 29.2 Å². The maximum Gasteiger partial charge on any atom is 0.311 e. The van der Waals surface area contributed by atoms with E-state index in [1.165, 1.54) is 0 Å². The monoisotopic (exact) mass is 245 g/mol. The number of aliphatic carboxylic acids is 1. The molecule has 18 heavy (non-hydrogen) atoms. The summed E-state index contributed by atoms with van der Waals surface area (Å²) in [5.41, 5.74) is 1.23. The lowest BCUT2D eigenvalue weighted by atomic mass is 9.90. The Morgan fingerprint density at radius 3 is 2.94 bits per heavy atom. The quantitative estimate of drug-likeness (QED) is 0.847. The number of carboxylic acid groups (broad SMARTS) is 1. The summed E-state index contributed by atoms with van der Waals surface area (Å²) >= 11 is 0. The van der Waals surface area contributed by atoms with Crippen molar-refractivity contribution in [2.45, 2.75) is 13.3 Å². The van der Waals surface area contributed by atoms with Crippen LogP contribution in [0.2, 0.25) is 0 Å². The molecular weight excluding hydrogens is 230 g/mol. The Morgan fingerprint density at radius 1 is 1.50 bits per heavy atom. The minimum atomic E-state index is -0.735. The topological polar surface area (TPSA) is 69.2 Å². The molecule has 0 aliphatic carbocycles. The molecule has 0 amide bonds. The largest absolute Gasteiger partial charge is 0.481 e. The highest BCUT2D eigenvalue weighted by Gasteiger charge is 2.41. The fraction of sp³-hybridized carbons (Fsp3) is 0.385. The van der Waals surface area contributed by atoms with E-state index in [2.05, 4.69) is 9.97 Å². The molecule has 0 radical (unpaired) electrons. The van der Waals surface area contributed by atoms with Gasteiger partial charge in [-0.05, 0) is 25.5 Å². The van der Waals surface area contributed by atoms with Crippen molar-refractivity contribution in [1.29, 1.82) is 0 Å². The average molecular weight is 245 g/mol. The highest BCUT2D eigenvalue weighted by Crippen LogP contribution is 2.32. The molecule has 1 unspecified atom stereocenters. The minimum Gasteiger partial charge on any atom is -0.481 e. The summed E-state index contributed by atoms with van der Waals surface area (Å²) in [4.78, 5) is 21.0. The van der Waals surface area contributed by atoms with Crippen molar-refractivity contribution >= 4 is 23.0 Å². The number of H-pyrrole nitrogens is 1. The number of rotatable bonds is 2. The van der Waals surface area contributed by atoms with Crippen molar-refractivity contribution in [3.8, 4) is 0 Å². The highest BCUT2D eigenvalue weighted by atomic mass is 16.4. The molecule has 0 spiro atoms. The molecule has 3 rings (SSSR count). The summed E-state index contributed by atoms with van der Waals surface area (Å²) in [7, 11) is 0. The van der Waals surface area contributed by atoms with Crippen molar-refractivity contribution < 1.29 is 9.90 Å². The molecule has 1 aromatic carbocycles. The SMILES string of the molecule is CC1(C(=O)O)CCN(c2nc3ccccc3[nH]2)C1. The van der Waals surface area contributed by atoms with Crippen LogP contribution < -0.4 is 4.90 Å². The predicted octanol–water partition coefficient (Wildman–Crippen LogP) is 1.86. The number of hydrogen-bond acceptors (Lipinski definition) is 3.